The van der Waals surface area contributed by atoms with Gasteiger partial charge in [0.05, 0.1) is 38.2 Å². The van der Waals surface area contributed by atoms with Crippen molar-refractivity contribution in [1.29, 1.82) is 0 Å². The Labute approximate surface area is 275 Å². The Balaban J connectivity index is 0.000000169. The normalized spacial score (nSPS) is 22.7. The molecule has 0 atom stereocenters. The van der Waals surface area contributed by atoms with Gasteiger partial charge in [-0.25, -0.2) is 0 Å². The Morgan fingerprint density at radius 3 is 2.32 bits per heavy atom. The average Bonchev–Trinajstić information content (AvgIpc) is 3.54. The van der Waals surface area contributed by atoms with E-state index in [-0.39, 0.29) is 42.1 Å². The Morgan fingerprint density at radius 1 is 0.809 bits per heavy atom. The van der Waals surface area contributed by atoms with Crippen molar-refractivity contribution in [3.05, 3.63) is 30.0 Å². The number of ether oxygens (including phenoxy) is 2. The van der Waals surface area contributed by atoms with Crippen LogP contribution in [0.15, 0.2) is 28.8 Å². The minimum Gasteiger partial charge on any atom is -0.356 e. The van der Waals surface area contributed by atoms with Crippen LogP contribution in [-0.4, -0.2) is 109 Å². The van der Waals surface area contributed by atoms with Crippen LogP contribution in [0.3, 0.4) is 0 Å². The molecule has 0 bridgehead atoms. The molecule has 2 aromatic rings. The molecule has 13 nitrogen and oxygen atoms in total. The van der Waals surface area contributed by atoms with Crippen LogP contribution in [0.25, 0.3) is 11.0 Å². The maximum atomic E-state index is 12.1. The molecule has 256 valence electrons. The van der Waals surface area contributed by atoms with Gasteiger partial charge < -0.3 is 34.4 Å². The van der Waals surface area contributed by atoms with E-state index in [9.17, 15) is 24.0 Å². The van der Waals surface area contributed by atoms with Crippen molar-refractivity contribution in [3.8, 4) is 0 Å². The number of hydrogen-bond acceptors (Lipinski definition) is 10. The molecule has 0 saturated carbocycles. The van der Waals surface area contributed by atoms with E-state index in [1.807, 2.05) is 23.1 Å². The second-order valence-electron chi connectivity index (χ2n) is 12.8. The average molecular weight is 654 g/mol. The van der Waals surface area contributed by atoms with E-state index < -0.39 is 5.79 Å². The maximum absolute atomic E-state index is 12.1. The summed E-state index contributed by atoms with van der Waals surface area (Å²) >= 11 is 0. The summed E-state index contributed by atoms with van der Waals surface area (Å²) in [4.78, 5) is 60.3. The van der Waals surface area contributed by atoms with Crippen molar-refractivity contribution < 1.29 is 38.0 Å². The lowest BCUT2D eigenvalue weighted by atomic mass is 9.91. The topological polar surface area (TPSA) is 160 Å². The maximum Gasteiger partial charge on any atom is 0.230 e. The highest BCUT2D eigenvalue weighted by atomic mass is 16.7. The number of nitrogens with one attached hydrogen (secondary N) is 2. The first-order valence-corrected chi connectivity index (χ1v) is 17.0. The Bertz CT molecular complexity index is 1380. The van der Waals surface area contributed by atoms with Crippen LogP contribution >= 0.6 is 0 Å². The van der Waals surface area contributed by atoms with Gasteiger partial charge in [0.1, 0.15) is 11.6 Å². The lowest BCUT2D eigenvalue weighted by Crippen LogP contribution is -2.41. The summed E-state index contributed by atoms with van der Waals surface area (Å²) in [5.74, 6) is -0.0977. The van der Waals surface area contributed by atoms with Crippen LogP contribution in [0, 0.1) is 0 Å². The zero-order chi connectivity index (χ0) is 33.1. The molecule has 1 aromatic carbocycles. The summed E-state index contributed by atoms with van der Waals surface area (Å²) in [6.07, 6.45) is 7.09. The highest BCUT2D eigenvalue weighted by Gasteiger charge is 2.39. The predicted molar refractivity (Wildman–Crippen MR) is 171 cm³/mol. The van der Waals surface area contributed by atoms with Crippen molar-refractivity contribution in [2.45, 2.75) is 82.3 Å². The smallest absolute Gasteiger partial charge is 0.230 e. The summed E-state index contributed by atoms with van der Waals surface area (Å²) in [5.41, 5.74) is 1.95. The van der Waals surface area contributed by atoms with E-state index in [1.165, 1.54) is 0 Å². The second-order valence-corrected chi connectivity index (χ2v) is 12.8. The first kappa shape index (κ1) is 34.6. The van der Waals surface area contributed by atoms with E-state index >= 15 is 0 Å². The molecule has 5 aliphatic heterocycles. The van der Waals surface area contributed by atoms with Crippen LogP contribution in [0.5, 0.6) is 0 Å². The summed E-state index contributed by atoms with van der Waals surface area (Å²) in [5, 5.41) is 10.9. The molecular weight excluding hydrogens is 606 g/mol. The summed E-state index contributed by atoms with van der Waals surface area (Å²) in [6, 6.07) is 8.04. The number of Topliss-reactive ketones (excluding diaryl/α,β-unsaturated/α-hetero) is 2. The third-order valence-corrected chi connectivity index (χ3v) is 9.26. The van der Waals surface area contributed by atoms with Gasteiger partial charge in [0, 0.05) is 63.3 Å². The first-order chi connectivity index (χ1) is 22.8. The number of rotatable bonds is 4. The van der Waals surface area contributed by atoms with Crippen molar-refractivity contribution >= 4 is 40.3 Å². The highest BCUT2D eigenvalue weighted by molar-refractivity contribution is 5.99. The van der Waals surface area contributed by atoms with Gasteiger partial charge in [-0.15, -0.1) is 0 Å². The fraction of sp³-hybridized carbons (Fsp3) is 0.647. The van der Waals surface area contributed by atoms with Crippen LogP contribution in [-0.2, 0) is 33.4 Å². The van der Waals surface area contributed by atoms with Gasteiger partial charge in [-0.1, -0.05) is 17.3 Å². The molecule has 13 heteroatoms. The predicted octanol–water partition coefficient (Wildman–Crippen LogP) is 2.47. The number of benzene rings is 1. The third-order valence-electron chi connectivity index (χ3n) is 9.26. The third kappa shape index (κ3) is 10.2. The molecule has 7 rings (SSSR count). The lowest BCUT2D eigenvalue weighted by Gasteiger charge is -2.32. The number of amides is 3. The van der Waals surface area contributed by atoms with E-state index in [0.717, 1.165) is 87.9 Å². The molecule has 0 unspecified atom stereocenters. The number of nitrogens with zero attached hydrogens (tertiary/aromatic N) is 3. The van der Waals surface area contributed by atoms with Crippen molar-refractivity contribution in [3.63, 3.8) is 0 Å². The number of carbonyl (C=O) groups excluding carboxylic acids is 5. The molecule has 3 amide bonds. The van der Waals surface area contributed by atoms with Crippen molar-refractivity contribution in [2.75, 3.05) is 59.0 Å². The fourth-order valence-corrected chi connectivity index (χ4v) is 6.66. The minimum absolute atomic E-state index is 0.00328. The molecule has 5 saturated heterocycles. The highest BCUT2D eigenvalue weighted by Crippen LogP contribution is 2.32. The number of fused-ring (bicyclic) bond motifs is 1. The Kier molecular flexibility index (Phi) is 12.5. The standard InChI is InChI=1S/C20H25N3O3.C8H13NO3.C6H9NO2/c24-16-4-3-9-23(19(25)14-16)13-12-22-10-7-15(8-11-22)20-17-5-1-2-6-18(17)26-21-20;10-7-6-8(2-1-3-9-7)11-4-5-12-8;8-5-2-1-3-7-6(9)4-5/h1-2,5-6,15H,3-4,7-14H2;1-6H2,(H,9,10);1-4H2,(H,7,9). The number of carbonyl (C=O) groups is 5. The van der Waals surface area contributed by atoms with Crippen molar-refractivity contribution in [1.82, 2.24) is 25.6 Å². The number of hydrogen-bond donors (Lipinski definition) is 2. The molecular formula is C34H47N5O8. The minimum atomic E-state index is -0.583. The molecule has 0 aliphatic carbocycles. The van der Waals surface area contributed by atoms with Gasteiger partial charge in [0.15, 0.2) is 11.4 Å². The number of aromatic nitrogens is 1. The Morgan fingerprint density at radius 2 is 1.51 bits per heavy atom. The zero-order valence-corrected chi connectivity index (χ0v) is 27.1. The molecule has 6 heterocycles. The van der Waals surface area contributed by atoms with E-state index in [1.54, 1.807) is 0 Å². The zero-order valence-electron chi connectivity index (χ0n) is 27.1. The number of ketones is 2. The summed E-state index contributed by atoms with van der Waals surface area (Å²) in [6.45, 7) is 6.97. The largest absolute Gasteiger partial charge is 0.356 e. The summed E-state index contributed by atoms with van der Waals surface area (Å²) < 4.78 is 16.4. The van der Waals surface area contributed by atoms with Gasteiger partial charge in [0.2, 0.25) is 17.7 Å². The van der Waals surface area contributed by atoms with Crippen molar-refractivity contribution in [2.24, 2.45) is 0 Å². The fourth-order valence-electron chi connectivity index (χ4n) is 6.66. The van der Waals surface area contributed by atoms with Gasteiger partial charge in [-0.2, -0.15) is 0 Å². The van der Waals surface area contributed by atoms with Crippen LogP contribution in [0.2, 0.25) is 0 Å². The van der Waals surface area contributed by atoms with E-state index in [0.29, 0.717) is 51.5 Å². The van der Waals surface area contributed by atoms with Crippen LogP contribution < -0.4 is 10.6 Å². The molecule has 5 fully saturated rings. The SMILES string of the molecule is O=C1CC2(CCCN1)OCCO2.O=C1CCCN(CCN2CCC(c3noc4ccccc34)CC2)C(=O)C1.O=C1CCCNC(=O)C1. The first-order valence-electron chi connectivity index (χ1n) is 17.0. The molecule has 0 radical (unpaired) electrons. The van der Waals surface area contributed by atoms with Gasteiger partial charge in [-0.05, 0) is 57.3 Å². The molecule has 47 heavy (non-hydrogen) atoms. The van der Waals surface area contributed by atoms with Crippen LogP contribution in [0.1, 0.15) is 82.2 Å². The number of piperidine rings is 1. The van der Waals surface area contributed by atoms with Crippen LogP contribution in [0.4, 0.5) is 0 Å². The number of para-hydroxylation sites is 1. The van der Waals surface area contributed by atoms with Gasteiger partial charge in [-0.3, -0.25) is 24.0 Å². The molecule has 5 aliphatic rings. The van der Waals surface area contributed by atoms with E-state index in [2.05, 4.69) is 26.8 Å². The molecule has 1 spiro atoms. The quantitative estimate of drug-likeness (QED) is 0.470. The van der Waals surface area contributed by atoms with Gasteiger partial charge in [0.25, 0.3) is 0 Å². The monoisotopic (exact) mass is 653 g/mol. The lowest BCUT2D eigenvalue weighted by molar-refractivity contribution is -0.170. The van der Waals surface area contributed by atoms with Gasteiger partial charge >= 0.3 is 0 Å². The molecule has 1 aromatic heterocycles. The molecule has 2 N–H and O–H groups in total. The number of likely N-dealkylation sites (tertiary alicyclic amines) is 2. The van der Waals surface area contributed by atoms with E-state index in [4.69, 9.17) is 14.0 Å². The summed E-state index contributed by atoms with van der Waals surface area (Å²) in [7, 11) is 0. The Hall–Kier alpha value is -3.68. The second kappa shape index (κ2) is 16.9.